The summed E-state index contributed by atoms with van der Waals surface area (Å²) < 4.78 is 28.9. The van der Waals surface area contributed by atoms with Crippen LogP contribution < -0.4 is 4.90 Å². The van der Waals surface area contributed by atoms with Gasteiger partial charge < -0.3 is 4.90 Å². The van der Waals surface area contributed by atoms with E-state index in [1.807, 2.05) is 30.3 Å². The second-order valence-electron chi connectivity index (χ2n) is 4.92. The third-order valence-corrected chi connectivity index (χ3v) is 5.51. The van der Waals surface area contributed by atoms with Gasteiger partial charge >= 0.3 is 0 Å². The molecule has 1 aliphatic rings. The van der Waals surface area contributed by atoms with E-state index in [1.54, 1.807) is 0 Å². The first-order chi connectivity index (χ1) is 10.0. The molecule has 0 amide bonds. The van der Waals surface area contributed by atoms with Gasteiger partial charge in [-0.1, -0.05) is 30.3 Å². The molecule has 1 aromatic carbocycles. The molecular formula is C13H16N4O2S2. The van der Waals surface area contributed by atoms with Gasteiger partial charge in [-0.3, -0.25) is 0 Å². The third kappa shape index (κ3) is 3.22. The smallest absolute Gasteiger partial charge is 0.211 e. The van der Waals surface area contributed by atoms with Gasteiger partial charge in [0.2, 0.25) is 15.2 Å². The number of benzene rings is 1. The van der Waals surface area contributed by atoms with Crippen molar-refractivity contribution in [1.82, 2.24) is 13.7 Å². The molecular weight excluding hydrogens is 308 g/mol. The Labute approximate surface area is 128 Å². The number of aromatic nitrogens is 2. The van der Waals surface area contributed by atoms with Crippen molar-refractivity contribution in [3.63, 3.8) is 0 Å². The Hall–Kier alpha value is -1.51. The second-order valence-corrected chi connectivity index (χ2v) is 7.63. The summed E-state index contributed by atoms with van der Waals surface area (Å²) >= 11 is 1.36. The minimum Gasteiger partial charge on any atom is -0.344 e. The molecule has 0 aliphatic carbocycles. The summed E-state index contributed by atoms with van der Waals surface area (Å²) in [6.07, 6.45) is 1.25. The molecule has 1 saturated heterocycles. The van der Waals surface area contributed by atoms with Gasteiger partial charge in [0.25, 0.3) is 0 Å². The summed E-state index contributed by atoms with van der Waals surface area (Å²) in [5.74, 6) is 0.723. The van der Waals surface area contributed by atoms with E-state index in [1.165, 1.54) is 22.1 Å². The monoisotopic (exact) mass is 324 g/mol. The van der Waals surface area contributed by atoms with Gasteiger partial charge in [-0.05, 0) is 0 Å². The molecule has 0 N–H and O–H groups in total. The molecule has 3 rings (SSSR count). The Morgan fingerprint density at radius 1 is 1.10 bits per heavy atom. The maximum Gasteiger partial charge on any atom is 0.211 e. The third-order valence-electron chi connectivity index (χ3n) is 3.43. The summed E-state index contributed by atoms with van der Waals surface area (Å²) in [5, 5.41) is 0.849. The van der Waals surface area contributed by atoms with E-state index in [2.05, 4.69) is 14.3 Å². The standard InChI is InChI=1S/C13H16N4O2S2/c1-21(18,19)17-9-7-16(8-10-17)13-14-12(15-20-13)11-5-3-2-4-6-11/h2-6H,7-10H2,1H3. The van der Waals surface area contributed by atoms with Crippen LogP contribution in [0.4, 0.5) is 5.13 Å². The van der Waals surface area contributed by atoms with Crippen molar-refractivity contribution in [2.75, 3.05) is 37.3 Å². The van der Waals surface area contributed by atoms with E-state index < -0.39 is 10.0 Å². The first-order valence-electron chi connectivity index (χ1n) is 6.63. The molecule has 8 heteroatoms. The van der Waals surface area contributed by atoms with Crippen LogP contribution in [0.5, 0.6) is 0 Å². The van der Waals surface area contributed by atoms with Crippen LogP contribution in [-0.4, -0.2) is 54.5 Å². The van der Waals surface area contributed by atoms with Crippen molar-refractivity contribution in [1.29, 1.82) is 0 Å². The molecule has 0 radical (unpaired) electrons. The number of sulfonamides is 1. The highest BCUT2D eigenvalue weighted by molar-refractivity contribution is 7.88. The van der Waals surface area contributed by atoms with Crippen molar-refractivity contribution in [2.24, 2.45) is 0 Å². The highest BCUT2D eigenvalue weighted by Gasteiger charge is 2.25. The van der Waals surface area contributed by atoms with Crippen LogP contribution in [0.3, 0.4) is 0 Å². The van der Waals surface area contributed by atoms with E-state index in [4.69, 9.17) is 0 Å². The van der Waals surface area contributed by atoms with E-state index in [0.29, 0.717) is 26.2 Å². The van der Waals surface area contributed by atoms with Crippen LogP contribution in [0.25, 0.3) is 11.4 Å². The van der Waals surface area contributed by atoms with Crippen LogP contribution in [0.15, 0.2) is 30.3 Å². The van der Waals surface area contributed by atoms with Crippen molar-refractivity contribution in [3.05, 3.63) is 30.3 Å². The topological polar surface area (TPSA) is 66.4 Å². The van der Waals surface area contributed by atoms with Gasteiger partial charge in [0.15, 0.2) is 5.82 Å². The number of rotatable bonds is 3. The normalized spacial score (nSPS) is 17.1. The molecule has 2 heterocycles. The summed E-state index contributed by atoms with van der Waals surface area (Å²) in [7, 11) is -3.10. The lowest BCUT2D eigenvalue weighted by molar-refractivity contribution is 0.388. The molecule has 0 bridgehead atoms. The Kier molecular flexibility index (Phi) is 3.92. The van der Waals surface area contributed by atoms with E-state index in [9.17, 15) is 8.42 Å². The molecule has 6 nitrogen and oxygen atoms in total. The van der Waals surface area contributed by atoms with E-state index >= 15 is 0 Å². The van der Waals surface area contributed by atoms with Crippen LogP contribution in [0, 0.1) is 0 Å². The highest BCUT2D eigenvalue weighted by Crippen LogP contribution is 2.24. The largest absolute Gasteiger partial charge is 0.344 e. The zero-order valence-electron chi connectivity index (χ0n) is 11.6. The Morgan fingerprint density at radius 2 is 1.76 bits per heavy atom. The molecule has 1 fully saturated rings. The van der Waals surface area contributed by atoms with Gasteiger partial charge in [-0.25, -0.2) is 8.42 Å². The number of anilines is 1. The van der Waals surface area contributed by atoms with Crippen molar-refractivity contribution >= 4 is 26.7 Å². The Balaban J connectivity index is 1.71. The molecule has 2 aromatic rings. The molecule has 0 spiro atoms. The van der Waals surface area contributed by atoms with Gasteiger partial charge in [0.05, 0.1) is 6.26 Å². The van der Waals surface area contributed by atoms with Crippen LogP contribution >= 0.6 is 11.5 Å². The minimum atomic E-state index is -3.10. The number of nitrogens with zero attached hydrogens (tertiary/aromatic N) is 4. The lowest BCUT2D eigenvalue weighted by Crippen LogP contribution is -2.48. The van der Waals surface area contributed by atoms with E-state index in [0.717, 1.165) is 16.5 Å². The highest BCUT2D eigenvalue weighted by atomic mass is 32.2. The SMILES string of the molecule is CS(=O)(=O)N1CCN(c2nc(-c3ccccc3)ns2)CC1. The quantitative estimate of drug-likeness (QED) is 0.851. The molecule has 0 atom stereocenters. The fourth-order valence-corrected chi connectivity index (χ4v) is 3.83. The maximum absolute atomic E-state index is 11.5. The fraction of sp³-hybridized carbons (Fsp3) is 0.385. The number of hydrogen-bond donors (Lipinski definition) is 0. The zero-order valence-corrected chi connectivity index (χ0v) is 13.3. The maximum atomic E-state index is 11.5. The molecule has 1 aromatic heterocycles. The van der Waals surface area contributed by atoms with Crippen LogP contribution in [0.2, 0.25) is 0 Å². The number of hydrogen-bond acceptors (Lipinski definition) is 6. The second kappa shape index (κ2) is 5.70. The predicted molar refractivity (Wildman–Crippen MR) is 84.0 cm³/mol. The summed E-state index contributed by atoms with van der Waals surface area (Å²) in [5.41, 5.74) is 0.995. The van der Waals surface area contributed by atoms with Crippen molar-refractivity contribution < 1.29 is 8.42 Å². The predicted octanol–water partition coefficient (Wildman–Crippen LogP) is 1.29. The molecule has 0 unspecified atom stereocenters. The molecule has 1 aliphatic heterocycles. The van der Waals surface area contributed by atoms with E-state index in [-0.39, 0.29) is 0 Å². The molecule has 21 heavy (non-hydrogen) atoms. The van der Waals surface area contributed by atoms with Gasteiger partial charge in [0, 0.05) is 43.3 Å². The lowest BCUT2D eigenvalue weighted by atomic mass is 10.2. The van der Waals surface area contributed by atoms with Crippen molar-refractivity contribution in [2.45, 2.75) is 0 Å². The average Bonchev–Trinajstić information content (AvgIpc) is 2.97. The van der Waals surface area contributed by atoms with Gasteiger partial charge in [0.1, 0.15) is 0 Å². The van der Waals surface area contributed by atoms with Crippen molar-refractivity contribution in [3.8, 4) is 11.4 Å². The fourth-order valence-electron chi connectivity index (χ4n) is 2.26. The summed E-state index contributed by atoms with van der Waals surface area (Å²) in [6.45, 7) is 2.30. The Bertz CT molecular complexity index is 707. The van der Waals surface area contributed by atoms with Gasteiger partial charge in [-0.15, -0.1) is 0 Å². The minimum absolute atomic E-state index is 0.499. The lowest BCUT2D eigenvalue weighted by Gasteiger charge is -2.32. The zero-order chi connectivity index (χ0) is 14.9. The average molecular weight is 324 g/mol. The molecule has 0 saturated carbocycles. The van der Waals surface area contributed by atoms with Crippen LogP contribution in [0.1, 0.15) is 0 Å². The van der Waals surface area contributed by atoms with Gasteiger partial charge in [-0.2, -0.15) is 13.7 Å². The molecule has 112 valence electrons. The summed E-state index contributed by atoms with van der Waals surface area (Å²) in [6, 6.07) is 9.84. The first kappa shape index (κ1) is 14.4. The summed E-state index contributed by atoms with van der Waals surface area (Å²) in [4.78, 5) is 6.65. The number of piperazine rings is 1. The Morgan fingerprint density at radius 3 is 2.38 bits per heavy atom. The first-order valence-corrected chi connectivity index (χ1v) is 9.25. The van der Waals surface area contributed by atoms with Crippen LogP contribution in [-0.2, 0) is 10.0 Å².